The summed E-state index contributed by atoms with van der Waals surface area (Å²) in [5, 5.41) is 5.76. The van der Waals surface area contributed by atoms with Crippen LogP contribution in [0.5, 0.6) is 5.75 Å². The molecule has 4 nitrogen and oxygen atoms in total. The molecule has 1 unspecified atom stereocenters. The maximum Gasteiger partial charge on any atom is 0.260 e. The van der Waals surface area contributed by atoms with E-state index in [0.717, 1.165) is 16.6 Å². The molecule has 1 rings (SSSR count). The van der Waals surface area contributed by atoms with Crippen molar-refractivity contribution in [2.45, 2.75) is 20.0 Å². The van der Waals surface area contributed by atoms with Gasteiger partial charge in [-0.05, 0) is 54.5 Å². The topological polar surface area (TPSA) is 50.4 Å². The Kier molecular flexibility index (Phi) is 8.80. The Morgan fingerprint density at radius 3 is 2.68 bits per heavy atom. The summed E-state index contributed by atoms with van der Waals surface area (Å²) in [6.07, 6.45) is -0.513. The Morgan fingerprint density at radius 2 is 2.11 bits per heavy atom. The summed E-state index contributed by atoms with van der Waals surface area (Å²) in [6.45, 7) is 5.08. The summed E-state index contributed by atoms with van der Waals surface area (Å²) in [6, 6.07) is 5.77. The molecule has 0 aromatic heterocycles. The number of aryl methyl sites for hydroxylation is 1. The van der Waals surface area contributed by atoms with E-state index >= 15 is 0 Å². The molecule has 0 saturated heterocycles. The maximum absolute atomic E-state index is 11.7. The Hall–Kier alpha value is -0.780. The molecule has 0 aliphatic carbocycles. The number of likely N-dealkylation sites (N-methyl/N-ethyl adjacent to an activating group) is 1. The van der Waals surface area contributed by atoms with Crippen LogP contribution in [0.15, 0.2) is 22.7 Å². The quantitative estimate of drug-likeness (QED) is 0.773. The first kappa shape index (κ1) is 18.2. The van der Waals surface area contributed by atoms with Crippen molar-refractivity contribution in [1.29, 1.82) is 0 Å². The van der Waals surface area contributed by atoms with Crippen molar-refractivity contribution in [1.82, 2.24) is 10.6 Å². The predicted molar refractivity (Wildman–Crippen MR) is 83.2 cm³/mol. The van der Waals surface area contributed by atoms with E-state index in [-0.39, 0.29) is 18.3 Å². The van der Waals surface area contributed by atoms with E-state index in [1.54, 1.807) is 6.92 Å². The molecule has 1 amide bonds. The standard InChI is InChI=1S/C13H19BrN2O2.ClH/c1-9-4-5-12(11(14)8-9)18-10(2)13(17)16-7-6-15-3;/h4-5,8,10,15H,6-7H2,1-3H3,(H,16,17);1H. The van der Waals surface area contributed by atoms with Crippen LogP contribution in [0, 0.1) is 6.92 Å². The monoisotopic (exact) mass is 350 g/mol. The third kappa shape index (κ3) is 6.27. The van der Waals surface area contributed by atoms with Crippen molar-refractivity contribution < 1.29 is 9.53 Å². The molecule has 0 saturated carbocycles. The van der Waals surface area contributed by atoms with Crippen LogP contribution in [0.4, 0.5) is 0 Å². The highest BCUT2D eigenvalue weighted by atomic mass is 79.9. The number of benzene rings is 1. The number of nitrogens with one attached hydrogen (secondary N) is 2. The van der Waals surface area contributed by atoms with E-state index < -0.39 is 6.10 Å². The number of hydrogen-bond donors (Lipinski definition) is 2. The fraction of sp³-hybridized carbons (Fsp3) is 0.462. The van der Waals surface area contributed by atoms with E-state index in [2.05, 4.69) is 26.6 Å². The lowest BCUT2D eigenvalue weighted by Crippen LogP contribution is -2.39. The lowest BCUT2D eigenvalue weighted by Gasteiger charge is -2.16. The molecule has 1 atom stereocenters. The molecule has 0 radical (unpaired) electrons. The summed E-state index contributed by atoms with van der Waals surface area (Å²) >= 11 is 3.42. The molecule has 2 N–H and O–H groups in total. The van der Waals surface area contributed by atoms with Crippen LogP contribution in [-0.4, -0.2) is 32.1 Å². The van der Waals surface area contributed by atoms with Crippen LogP contribution in [0.25, 0.3) is 0 Å². The number of amides is 1. The van der Waals surface area contributed by atoms with E-state index in [9.17, 15) is 4.79 Å². The second kappa shape index (κ2) is 9.18. The van der Waals surface area contributed by atoms with Crippen LogP contribution in [0.1, 0.15) is 12.5 Å². The van der Waals surface area contributed by atoms with Crippen LogP contribution < -0.4 is 15.4 Å². The fourth-order valence-electron chi connectivity index (χ4n) is 1.40. The number of hydrogen-bond acceptors (Lipinski definition) is 3. The smallest absolute Gasteiger partial charge is 0.260 e. The molecular weight excluding hydrogens is 332 g/mol. The third-order valence-electron chi connectivity index (χ3n) is 2.43. The summed E-state index contributed by atoms with van der Waals surface area (Å²) in [4.78, 5) is 11.7. The first-order valence-corrected chi connectivity index (χ1v) is 6.69. The van der Waals surface area contributed by atoms with Gasteiger partial charge in [0.2, 0.25) is 0 Å². The minimum Gasteiger partial charge on any atom is -0.480 e. The van der Waals surface area contributed by atoms with Crippen molar-refractivity contribution in [3.8, 4) is 5.75 Å². The van der Waals surface area contributed by atoms with E-state index in [1.165, 1.54) is 0 Å². The maximum atomic E-state index is 11.7. The van der Waals surface area contributed by atoms with Gasteiger partial charge in [0, 0.05) is 13.1 Å². The van der Waals surface area contributed by atoms with Crippen molar-refractivity contribution in [2.75, 3.05) is 20.1 Å². The van der Waals surface area contributed by atoms with Gasteiger partial charge in [-0.1, -0.05) is 6.07 Å². The van der Waals surface area contributed by atoms with Gasteiger partial charge in [-0.15, -0.1) is 12.4 Å². The highest BCUT2D eigenvalue weighted by molar-refractivity contribution is 9.10. The lowest BCUT2D eigenvalue weighted by atomic mass is 10.2. The van der Waals surface area contributed by atoms with Crippen LogP contribution in [0.2, 0.25) is 0 Å². The van der Waals surface area contributed by atoms with Gasteiger partial charge < -0.3 is 15.4 Å². The number of carbonyl (C=O) groups excluding carboxylic acids is 1. The fourth-order valence-corrected chi connectivity index (χ4v) is 1.99. The van der Waals surface area contributed by atoms with Crippen molar-refractivity contribution >= 4 is 34.2 Å². The molecule has 0 aliphatic rings. The van der Waals surface area contributed by atoms with Crippen molar-refractivity contribution in [3.05, 3.63) is 28.2 Å². The molecule has 108 valence electrons. The molecule has 0 heterocycles. The molecule has 6 heteroatoms. The zero-order chi connectivity index (χ0) is 13.5. The Labute approximate surface area is 128 Å². The van der Waals surface area contributed by atoms with Crippen LogP contribution in [-0.2, 0) is 4.79 Å². The zero-order valence-electron chi connectivity index (χ0n) is 11.3. The Morgan fingerprint density at radius 1 is 1.42 bits per heavy atom. The SMILES string of the molecule is CNCCNC(=O)C(C)Oc1ccc(C)cc1Br.Cl. The number of rotatable bonds is 6. The molecule has 0 spiro atoms. The van der Waals surface area contributed by atoms with Crippen LogP contribution in [0.3, 0.4) is 0 Å². The predicted octanol–water partition coefficient (Wildman–Crippen LogP) is 2.28. The lowest BCUT2D eigenvalue weighted by molar-refractivity contribution is -0.127. The molecule has 1 aromatic carbocycles. The van der Waals surface area contributed by atoms with Gasteiger partial charge in [-0.25, -0.2) is 0 Å². The van der Waals surface area contributed by atoms with Gasteiger partial charge in [0.05, 0.1) is 4.47 Å². The molecular formula is C13H20BrClN2O2. The highest BCUT2D eigenvalue weighted by Gasteiger charge is 2.15. The van der Waals surface area contributed by atoms with E-state index in [1.807, 2.05) is 32.2 Å². The number of halogens is 2. The van der Waals surface area contributed by atoms with Gasteiger partial charge in [-0.2, -0.15) is 0 Å². The third-order valence-corrected chi connectivity index (χ3v) is 3.05. The van der Waals surface area contributed by atoms with E-state index in [4.69, 9.17) is 4.74 Å². The molecule has 19 heavy (non-hydrogen) atoms. The summed E-state index contributed by atoms with van der Waals surface area (Å²) < 4.78 is 6.47. The summed E-state index contributed by atoms with van der Waals surface area (Å²) in [5.41, 5.74) is 1.14. The second-order valence-corrected chi connectivity index (χ2v) is 4.94. The van der Waals surface area contributed by atoms with Crippen molar-refractivity contribution in [2.24, 2.45) is 0 Å². The largest absolute Gasteiger partial charge is 0.480 e. The summed E-state index contributed by atoms with van der Waals surface area (Å²) in [7, 11) is 1.84. The highest BCUT2D eigenvalue weighted by Crippen LogP contribution is 2.26. The Bertz CT molecular complexity index is 416. The van der Waals surface area contributed by atoms with Crippen LogP contribution >= 0.6 is 28.3 Å². The molecule has 0 fully saturated rings. The van der Waals surface area contributed by atoms with Gasteiger partial charge in [0.25, 0.3) is 5.91 Å². The normalized spacial score (nSPS) is 11.4. The van der Waals surface area contributed by atoms with Crippen molar-refractivity contribution in [3.63, 3.8) is 0 Å². The van der Waals surface area contributed by atoms with Gasteiger partial charge in [0.15, 0.2) is 6.10 Å². The van der Waals surface area contributed by atoms with E-state index in [0.29, 0.717) is 12.3 Å². The summed E-state index contributed by atoms with van der Waals surface area (Å²) in [5.74, 6) is 0.564. The Balaban J connectivity index is 0.00000324. The number of carbonyl (C=O) groups is 1. The molecule has 0 bridgehead atoms. The first-order valence-electron chi connectivity index (χ1n) is 5.89. The number of ether oxygens (including phenoxy) is 1. The minimum atomic E-state index is -0.513. The first-order chi connectivity index (χ1) is 8.54. The zero-order valence-corrected chi connectivity index (χ0v) is 13.7. The average Bonchev–Trinajstić information content (AvgIpc) is 2.32. The minimum absolute atomic E-state index is 0. The van der Waals surface area contributed by atoms with Gasteiger partial charge >= 0.3 is 0 Å². The second-order valence-electron chi connectivity index (χ2n) is 4.09. The van der Waals surface area contributed by atoms with Gasteiger partial charge in [0.1, 0.15) is 5.75 Å². The molecule has 0 aliphatic heterocycles. The average molecular weight is 352 g/mol. The molecule has 1 aromatic rings. The van der Waals surface area contributed by atoms with Gasteiger partial charge in [-0.3, -0.25) is 4.79 Å².